The maximum Gasteiger partial charge on any atom is 0.253 e. The van der Waals surface area contributed by atoms with Crippen molar-refractivity contribution in [3.8, 4) is 5.75 Å². The SMILES string of the molecule is C=C1COc2ccc(cc2)CCNC(=O)C(c2ccccc2)N(C(C)C)C1=O. The van der Waals surface area contributed by atoms with Crippen LogP contribution in [-0.2, 0) is 16.0 Å². The van der Waals surface area contributed by atoms with Gasteiger partial charge in [-0.05, 0) is 43.5 Å². The van der Waals surface area contributed by atoms with E-state index in [1.165, 1.54) is 0 Å². The summed E-state index contributed by atoms with van der Waals surface area (Å²) in [7, 11) is 0. The summed E-state index contributed by atoms with van der Waals surface area (Å²) in [5.74, 6) is 0.206. The van der Waals surface area contributed by atoms with Gasteiger partial charge < -0.3 is 15.0 Å². The number of carbonyl (C=O) groups excluding carboxylic acids is 2. The first kappa shape index (κ1) is 19.7. The second-order valence-electron chi connectivity index (χ2n) is 7.20. The molecule has 2 aliphatic heterocycles. The van der Waals surface area contributed by atoms with Gasteiger partial charge in [-0.1, -0.05) is 49.0 Å². The molecule has 2 aliphatic rings. The maximum absolute atomic E-state index is 13.2. The van der Waals surface area contributed by atoms with Crippen LogP contribution < -0.4 is 10.1 Å². The first-order chi connectivity index (χ1) is 13.5. The highest BCUT2D eigenvalue weighted by atomic mass is 16.5. The maximum atomic E-state index is 13.2. The lowest BCUT2D eigenvalue weighted by molar-refractivity contribution is -0.140. The monoisotopic (exact) mass is 378 g/mol. The molecule has 1 N–H and O–H groups in total. The van der Waals surface area contributed by atoms with E-state index < -0.39 is 6.04 Å². The van der Waals surface area contributed by atoms with E-state index in [2.05, 4.69) is 11.9 Å². The summed E-state index contributed by atoms with van der Waals surface area (Å²) in [6, 6.07) is 16.1. The number of rotatable bonds is 2. The van der Waals surface area contributed by atoms with Crippen molar-refractivity contribution < 1.29 is 14.3 Å². The lowest BCUT2D eigenvalue weighted by atomic mass is 10.0. The van der Waals surface area contributed by atoms with E-state index in [-0.39, 0.29) is 24.5 Å². The van der Waals surface area contributed by atoms with E-state index in [1.807, 2.05) is 68.4 Å². The molecule has 0 spiro atoms. The molecule has 2 aromatic rings. The molecule has 1 atom stereocenters. The number of hydrogen-bond acceptors (Lipinski definition) is 3. The number of benzene rings is 2. The highest BCUT2D eigenvalue weighted by Crippen LogP contribution is 2.26. The third-order valence-corrected chi connectivity index (χ3v) is 4.78. The third-order valence-electron chi connectivity index (χ3n) is 4.78. The molecular weight excluding hydrogens is 352 g/mol. The Morgan fingerprint density at radius 2 is 1.75 bits per heavy atom. The van der Waals surface area contributed by atoms with Crippen LogP contribution in [0, 0.1) is 0 Å². The summed E-state index contributed by atoms with van der Waals surface area (Å²) in [4.78, 5) is 27.9. The Balaban J connectivity index is 1.99. The summed E-state index contributed by atoms with van der Waals surface area (Å²) in [5, 5.41) is 3.00. The Hall–Kier alpha value is -3.08. The first-order valence-electron chi connectivity index (χ1n) is 9.52. The second kappa shape index (κ2) is 8.74. The standard InChI is InChI=1S/C23H26N2O3/c1-16(2)25-21(19-7-5-4-6-8-19)22(26)24-14-13-18-9-11-20(12-10-18)28-15-17(3)23(25)27/h4-12,16,21H,3,13-15H2,1-2H3,(H,24,26). The fraction of sp³-hybridized carbons (Fsp3) is 0.304. The molecule has 2 aromatic carbocycles. The smallest absolute Gasteiger partial charge is 0.253 e. The molecule has 2 amide bonds. The van der Waals surface area contributed by atoms with Gasteiger partial charge >= 0.3 is 0 Å². The van der Waals surface area contributed by atoms with Crippen LogP contribution in [0.4, 0.5) is 0 Å². The van der Waals surface area contributed by atoms with Crippen LogP contribution in [0.25, 0.3) is 0 Å². The van der Waals surface area contributed by atoms with E-state index in [0.717, 1.165) is 11.1 Å². The van der Waals surface area contributed by atoms with Crippen molar-refractivity contribution in [2.75, 3.05) is 13.2 Å². The molecule has 0 radical (unpaired) electrons. The van der Waals surface area contributed by atoms with Crippen LogP contribution in [0.1, 0.15) is 31.0 Å². The van der Waals surface area contributed by atoms with Crippen LogP contribution in [0.2, 0.25) is 0 Å². The highest BCUT2D eigenvalue weighted by Gasteiger charge is 2.34. The summed E-state index contributed by atoms with van der Waals surface area (Å²) in [5.41, 5.74) is 2.19. The Morgan fingerprint density at radius 3 is 2.39 bits per heavy atom. The Bertz CT molecular complexity index is 844. The summed E-state index contributed by atoms with van der Waals surface area (Å²) >= 11 is 0. The van der Waals surface area contributed by atoms with Crippen LogP contribution in [0.3, 0.4) is 0 Å². The molecule has 2 bridgehead atoms. The summed E-state index contributed by atoms with van der Waals surface area (Å²) in [6.07, 6.45) is 0.704. The van der Waals surface area contributed by atoms with Gasteiger partial charge in [-0.2, -0.15) is 0 Å². The van der Waals surface area contributed by atoms with Crippen molar-refractivity contribution in [1.29, 1.82) is 0 Å². The normalized spacial score (nSPS) is 18.6. The van der Waals surface area contributed by atoms with Gasteiger partial charge in [0.2, 0.25) is 5.91 Å². The molecule has 0 saturated heterocycles. The molecule has 146 valence electrons. The Labute approximate surface area is 166 Å². The van der Waals surface area contributed by atoms with Crippen LogP contribution in [0.15, 0.2) is 66.7 Å². The number of hydrogen-bond donors (Lipinski definition) is 1. The van der Waals surface area contributed by atoms with E-state index in [9.17, 15) is 9.59 Å². The molecule has 0 aromatic heterocycles. The molecule has 0 aliphatic carbocycles. The molecule has 5 nitrogen and oxygen atoms in total. The van der Waals surface area contributed by atoms with Gasteiger partial charge in [0.15, 0.2) is 0 Å². The van der Waals surface area contributed by atoms with E-state index in [0.29, 0.717) is 24.3 Å². The van der Waals surface area contributed by atoms with Gasteiger partial charge in [-0.3, -0.25) is 9.59 Å². The summed E-state index contributed by atoms with van der Waals surface area (Å²) in [6.45, 7) is 8.28. The molecule has 1 unspecified atom stereocenters. The molecule has 28 heavy (non-hydrogen) atoms. The predicted molar refractivity (Wildman–Crippen MR) is 109 cm³/mol. The zero-order valence-corrected chi connectivity index (χ0v) is 16.4. The summed E-state index contributed by atoms with van der Waals surface area (Å²) < 4.78 is 5.73. The van der Waals surface area contributed by atoms with Gasteiger partial charge in [0.05, 0.1) is 0 Å². The lowest BCUT2D eigenvalue weighted by Gasteiger charge is -2.35. The fourth-order valence-electron chi connectivity index (χ4n) is 3.32. The zero-order valence-electron chi connectivity index (χ0n) is 16.4. The molecule has 0 saturated carbocycles. The second-order valence-corrected chi connectivity index (χ2v) is 7.20. The molecular formula is C23H26N2O3. The van der Waals surface area contributed by atoms with Crippen LogP contribution in [0.5, 0.6) is 5.75 Å². The van der Waals surface area contributed by atoms with E-state index in [4.69, 9.17) is 4.74 Å². The minimum Gasteiger partial charge on any atom is -0.489 e. The van der Waals surface area contributed by atoms with Crippen molar-refractivity contribution in [1.82, 2.24) is 10.2 Å². The molecule has 0 fully saturated rings. The van der Waals surface area contributed by atoms with Crippen molar-refractivity contribution in [2.24, 2.45) is 0 Å². The minimum atomic E-state index is -0.727. The van der Waals surface area contributed by atoms with Crippen molar-refractivity contribution >= 4 is 11.8 Å². The molecule has 4 rings (SSSR count). The fourth-order valence-corrected chi connectivity index (χ4v) is 3.32. The van der Waals surface area contributed by atoms with Crippen molar-refractivity contribution in [3.63, 3.8) is 0 Å². The topological polar surface area (TPSA) is 58.6 Å². The van der Waals surface area contributed by atoms with Crippen molar-refractivity contribution in [3.05, 3.63) is 77.9 Å². The van der Waals surface area contributed by atoms with E-state index >= 15 is 0 Å². The van der Waals surface area contributed by atoms with Gasteiger partial charge in [0, 0.05) is 18.2 Å². The number of carbonyl (C=O) groups is 2. The van der Waals surface area contributed by atoms with Gasteiger partial charge in [-0.15, -0.1) is 0 Å². The average Bonchev–Trinajstić information content (AvgIpc) is 2.70. The van der Waals surface area contributed by atoms with Gasteiger partial charge in [-0.25, -0.2) is 0 Å². The van der Waals surface area contributed by atoms with Crippen molar-refractivity contribution in [2.45, 2.75) is 32.4 Å². The first-order valence-corrected chi connectivity index (χ1v) is 9.52. The van der Waals surface area contributed by atoms with E-state index in [1.54, 1.807) is 4.90 Å². The van der Waals surface area contributed by atoms with Gasteiger partial charge in [0.25, 0.3) is 5.91 Å². The predicted octanol–water partition coefficient (Wildman–Crippen LogP) is 3.27. The quantitative estimate of drug-likeness (QED) is 0.816. The minimum absolute atomic E-state index is 0.0739. The molecule has 2 heterocycles. The van der Waals surface area contributed by atoms with Gasteiger partial charge in [0.1, 0.15) is 18.4 Å². The lowest BCUT2D eigenvalue weighted by Crippen LogP contribution is -2.48. The highest BCUT2D eigenvalue weighted by molar-refractivity contribution is 5.97. The number of ether oxygens (including phenoxy) is 1. The average molecular weight is 378 g/mol. The third kappa shape index (κ3) is 4.42. The number of nitrogens with one attached hydrogen (secondary N) is 1. The Morgan fingerprint density at radius 1 is 1.07 bits per heavy atom. The largest absolute Gasteiger partial charge is 0.489 e. The van der Waals surface area contributed by atoms with Crippen LogP contribution >= 0.6 is 0 Å². The van der Waals surface area contributed by atoms with Crippen LogP contribution in [-0.4, -0.2) is 35.9 Å². The number of fused-ring (bicyclic) bond motifs is 11. The molecule has 5 heteroatoms. The zero-order chi connectivity index (χ0) is 20.1. The number of nitrogens with zero attached hydrogens (tertiary/aromatic N) is 1. The number of amides is 2. The Kier molecular flexibility index (Phi) is 6.14.